The van der Waals surface area contributed by atoms with Crippen molar-refractivity contribution in [2.75, 3.05) is 18.6 Å². The zero-order valence-electron chi connectivity index (χ0n) is 9.82. The van der Waals surface area contributed by atoms with E-state index in [1.54, 1.807) is 0 Å². The fraction of sp³-hybridized carbons (Fsp3) is 0.538. The lowest BCUT2D eigenvalue weighted by molar-refractivity contribution is 0.318. The van der Waals surface area contributed by atoms with Crippen LogP contribution >= 0.6 is 11.8 Å². The van der Waals surface area contributed by atoms with Crippen LogP contribution < -0.4 is 4.74 Å². The minimum atomic E-state index is 0.593. The maximum atomic E-state index is 5.63. The third-order valence-corrected chi connectivity index (χ3v) is 3.01. The van der Waals surface area contributed by atoms with Crippen LogP contribution in [0.25, 0.3) is 0 Å². The highest BCUT2D eigenvalue weighted by Crippen LogP contribution is 2.18. The monoisotopic (exact) mass is 224 g/mol. The molecule has 0 unspecified atom stereocenters. The van der Waals surface area contributed by atoms with Gasteiger partial charge in [-0.15, -0.1) is 0 Å². The van der Waals surface area contributed by atoms with Gasteiger partial charge in [0.15, 0.2) is 0 Å². The lowest BCUT2D eigenvalue weighted by Crippen LogP contribution is -1.98. The number of hydrogen-bond donors (Lipinski definition) is 0. The second-order valence-electron chi connectivity index (χ2n) is 3.92. The van der Waals surface area contributed by atoms with Crippen molar-refractivity contribution >= 4 is 11.8 Å². The van der Waals surface area contributed by atoms with Gasteiger partial charge in [-0.1, -0.05) is 26.0 Å². The molecule has 0 spiro atoms. The fourth-order valence-electron chi connectivity index (χ4n) is 1.34. The Morgan fingerprint density at radius 2 is 1.87 bits per heavy atom. The highest BCUT2D eigenvalue weighted by Gasteiger charge is 1.99. The largest absolute Gasteiger partial charge is 0.494 e. The minimum Gasteiger partial charge on any atom is -0.494 e. The van der Waals surface area contributed by atoms with Crippen LogP contribution in [0.3, 0.4) is 0 Å². The van der Waals surface area contributed by atoms with Crippen molar-refractivity contribution in [3.8, 4) is 5.75 Å². The Kier molecular flexibility index (Phi) is 5.62. The molecule has 0 heterocycles. The molecule has 0 radical (unpaired) electrons. The summed E-state index contributed by atoms with van der Waals surface area (Å²) in [6.07, 6.45) is 3.24. The average molecular weight is 224 g/mol. The first kappa shape index (κ1) is 12.4. The zero-order valence-corrected chi connectivity index (χ0v) is 10.6. The molecule has 0 aliphatic carbocycles. The molecular weight excluding hydrogens is 204 g/mol. The molecule has 0 aliphatic heterocycles. The number of ether oxygens (including phenoxy) is 1. The molecule has 84 valence electrons. The van der Waals surface area contributed by atoms with Crippen molar-refractivity contribution in [1.29, 1.82) is 0 Å². The molecule has 1 aromatic carbocycles. The van der Waals surface area contributed by atoms with Gasteiger partial charge in [-0.05, 0) is 42.0 Å². The molecule has 2 heteroatoms. The topological polar surface area (TPSA) is 9.23 Å². The Morgan fingerprint density at radius 3 is 2.40 bits per heavy atom. The van der Waals surface area contributed by atoms with Crippen LogP contribution in [0, 0.1) is 0 Å². The lowest BCUT2D eigenvalue weighted by atomic mass is 10.0. The number of thioether (sulfide) groups is 1. The van der Waals surface area contributed by atoms with Crippen molar-refractivity contribution in [2.45, 2.75) is 26.2 Å². The number of rotatable bonds is 6. The van der Waals surface area contributed by atoms with E-state index < -0.39 is 0 Å². The van der Waals surface area contributed by atoms with Gasteiger partial charge in [-0.25, -0.2) is 0 Å². The Balaban J connectivity index is 2.36. The van der Waals surface area contributed by atoms with Crippen LogP contribution in [0.5, 0.6) is 5.75 Å². The standard InChI is InChI=1S/C13H20OS/c1-11(2)12-5-7-13(8-6-12)14-9-4-10-15-3/h5-8,11H,4,9-10H2,1-3H3. The molecule has 1 rings (SSSR count). The van der Waals surface area contributed by atoms with E-state index in [0.717, 1.165) is 18.8 Å². The van der Waals surface area contributed by atoms with E-state index in [-0.39, 0.29) is 0 Å². The summed E-state index contributed by atoms with van der Waals surface area (Å²) >= 11 is 1.86. The summed E-state index contributed by atoms with van der Waals surface area (Å²) in [6.45, 7) is 5.23. The van der Waals surface area contributed by atoms with E-state index in [4.69, 9.17) is 4.74 Å². The summed E-state index contributed by atoms with van der Waals surface area (Å²) in [5, 5.41) is 0. The van der Waals surface area contributed by atoms with Gasteiger partial charge in [-0.2, -0.15) is 11.8 Å². The van der Waals surface area contributed by atoms with Gasteiger partial charge in [0.05, 0.1) is 6.61 Å². The van der Waals surface area contributed by atoms with Crippen molar-refractivity contribution < 1.29 is 4.74 Å². The Hall–Kier alpha value is -0.630. The van der Waals surface area contributed by atoms with E-state index in [9.17, 15) is 0 Å². The van der Waals surface area contributed by atoms with E-state index in [1.807, 2.05) is 11.8 Å². The van der Waals surface area contributed by atoms with Crippen molar-refractivity contribution in [3.05, 3.63) is 29.8 Å². The van der Waals surface area contributed by atoms with E-state index in [1.165, 1.54) is 11.3 Å². The SMILES string of the molecule is CSCCCOc1ccc(C(C)C)cc1. The second-order valence-corrected chi connectivity index (χ2v) is 4.90. The number of benzene rings is 1. The van der Waals surface area contributed by atoms with Gasteiger partial charge < -0.3 is 4.74 Å². The average Bonchev–Trinajstić information content (AvgIpc) is 2.25. The molecule has 1 nitrogen and oxygen atoms in total. The normalized spacial score (nSPS) is 10.7. The Labute approximate surface area is 97.2 Å². The summed E-state index contributed by atoms with van der Waals surface area (Å²) in [7, 11) is 0. The fourth-order valence-corrected chi connectivity index (χ4v) is 1.75. The molecule has 0 bridgehead atoms. The summed E-state index contributed by atoms with van der Waals surface area (Å²) in [4.78, 5) is 0. The molecule has 0 N–H and O–H groups in total. The van der Waals surface area contributed by atoms with Crippen molar-refractivity contribution in [2.24, 2.45) is 0 Å². The first-order valence-electron chi connectivity index (χ1n) is 5.45. The first-order chi connectivity index (χ1) is 7.24. The zero-order chi connectivity index (χ0) is 11.1. The number of hydrogen-bond acceptors (Lipinski definition) is 2. The quantitative estimate of drug-likeness (QED) is 0.677. The summed E-state index contributed by atoms with van der Waals surface area (Å²) in [5.74, 6) is 2.75. The molecule has 0 saturated carbocycles. The van der Waals surface area contributed by atoms with Crippen LogP contribution in [-0.4, -0.2) is 18.6 Å². The summed E-state index contributed by atoms with van der Waals surface area (Å²) in [5.41, 5.74) is 1.37. The van der Waals surface area contributed by atoms with E-state index >= 15 is 0 Å². The Morgan fingerprint density at radius 1 is 1.20 bits per heavy atom. The van der Waals surface area contributed by atoms with Gasteiger partial charge >= 0.3 is 0 Å². The highest BCUT2D eigenvalue weighted by molar-refractivity contribution is 7.98. The van der Waals surface area contributed by atoms with Crippen LogP contribution in [0.4, 0.5) is 0 Å². The second kappa shape index (κ2) is 6.78. The highest BCUT2D eigenvalue weighted by atomic mass is 32.2. The molecule has 1 aromatic rings. The van der Waals surface area contributed by atoms with Crippen LogP contribution in [-0.2, 0) is 0 Å². The lowest BCUT2D eigenvalue weighted by Gasteiger charge is -2.08. The Bertz CT molecular complexity index is 266. The summed E-state index contributed by atoms with van der Waals surface area (Å²) in [6, 6.07) is 8.42. The predicted octanol–water partition coefficient (Wildman–Crippen LogP) is 3.94. The third-order valence-electron chi connectivity index (χ3n) is 2.31. The van der Waals surface area contributed by atoms with Gasteiger partial charge in [0.25, 0.3) is 0 Å². The van der Waals surface area contributed by atoms with Crippen LogP contribution in [0.15, 0.2) is 24.3 Å². The minimum absolute atomic E-state index is 0.593. The molecular formula is C13H20OS. The van der Waals surface area contributed by atoms with Crippen molar-refractivity contribution in [1.82, 2.24) is 0 Å². The van der Waals surface area contributed by atoms with Crippen molar-refractivity contribution in [3.63, 3.8) is 0 Å². The molecule has 0 fully saturated rings. The molecule has 0 aliphatic rings. The smallest absolute Gasteiger partial charge is 0.119 e. The maximum absolute atomic E-state index is 5.63. The van der Waals surface area contributed by atoms with Gasteiger partial charge in [0.2, 0.25) is 0 Å². The third kappa shape index (κ3) is 4.61. The van der Waals surface area contributed by atoms with E-state index in [2.05, 4.69) is 44.4 Å². The van der Waals surface area contributed by atoms with E-state index in [0.29, 0.717) is 5.92 Å². The van der Waals surface area contributed by atoms with Crippen LogP contribution in [0.1, 0.15) is 31.7 Å². The van der Waals surface area contributed by atoms with Crippen LogP contribution in [0.2, 0.25) is 0 Å². The van der Waals surface area contributed by atoms with Gasteiger partial charge in [0.1, 0.15) is 5.75 Å². The van der Waals surface area contributed by atoms with Gasteiger partial charge in [0, 0.05) is 0 Å². The molecule has 0 saturated heterocycles. The van der Waals surface area contributed by atoms with Gasteiger partial charge in [-0.3, -0.25) is 0 Å². The molecule has 15 heavy (non-hydrogen) atoms. The first-order valence-corrected chi connectivity index (χ1v) is 6.85. The molecule has 0 amide bonds. The molecule has 0 atom stereocenters. The maximum Gasteiger partial charge on any atom is 0.119 e. The molecule has 0 aromatic heterocycles. The predicted molar refractivity (Wildman–Crippen MR) is 69.0 cm³/mol. The summed E-state index contributed by atoms with van der Waals surface area (Å²) < 4.78 is 5.63.